The molecule has 0 aliphatic rings. The van der Waals surface area contributed by atoms with E-state index in [0.29, 0.717) is 10.6 Å². The molecule has 2 rings (SSSR count). The Morgan fingerprint density at radius 3 is 2.68 bits per heavy atom. The van der Waals surface area contributed by atoms with Crippen LogP contribution in [0.5, 0.6) is 0 Å². The van der Waals surface area contributed by atoms with E-state index in [1.165, 1.54) is 5.56 Å². The molecule has 0 unspecified atom stereocenters. The molecule has 0 fully saturated rings. The highest BCUT2D eigenvalue weighted by Gasteiger charge is 2.14. The molecule has 0 spiro atoms. The van der Waals surface area contributed by atoms with Crippen molar-refractivity contribution in [3.05, 3.63) is 34.6 Å². The fourth-order valence-corrected chi connectivity index (χ4v) is 2.36. The Hall–Kier alpha value is -1.95. The van der Waals surface area contributed by atoms with Crippen LogP contribution in [0.3, 0.4) is 0 Å². The van der Waals surface area contributed by atoms with E-state index < -0.39 is 0 Å². The zero-order valence-corrected chi connectivity index (χ0v) is 14.1. The molecule has 0 aliphatic heterocycles. The number of likely N-dealkylation sites (N-methyl/N-ethyl adjacent to an activating group) is 1. The topological polar surface area (TPSA) is 53.9 Å². The molecular weight excluding hydrogens is 296 g/mol. The number of aryl methyl sites for hydroxylation is 1. The summed E-state index contributed by atoms with van der Waals surface area (Å²) < 4.78 is 2.22. The first-order valence-electron chi connectivity index (χ1n) is 7.49. The highest BCUT2D eigenvalue weighted by Crippen LogP contribution is 2.18. The molecule has 2 aromatic rings. The molecule has 0 bridgehead atoms. The maximum atomic E-state index is 12.3. The average Bonchev–Trinajstić information content (AvgIpc) is 2.86. The van der Waals surface area contributed by atoms with Gasteiger partial charge in [-0.2, -0.15) is 5.10 Å². The number of nitrogens with zero attached hydrogens (tertiary/aromatic N) is 3. The van der Waals surface area contributed by atoms with Crippen LogP contribution in [0, 0.1) is 11.7 Å². The van der Waals surface area contributed by atoms with Crippen molar-refractivity contribution < 1.29 is 4.79 Å². The minimum Gasteiger partial charge on any atom is -0.344 e. The third-order valence-corrected chi connectivity index (χ3v) is 3.95. The third-order valence-electron chi connectivity index (χ3n) is 3.63. The Balaban J connectivity index is 2.21. The normalized spacial score (nSPS) is 10.7. The average molecular weight is 318 g/mol. The molecule has 1 heterocycles. The third kappa shape index (κ3) is 3.82. The first-order valence-corrected chi connectivity index (χ1v) is 7.90. The summed E-state index contributed by atoms with van der Waals surface area (Å²) in [4.78, 5) is 14.1. The second kappa shape index (κ2) is 7.35. The van der Waals surface area contributed by atoms with E-state index in [1.807, 2.05) is 38.2 Å². The monoisotopic (exact) mass is 318 g/mol. The number of rotatable bonds is 6. The van der Waals surface area contributed by atoms with Gasteiger partial charge in [-0.3, -0.25) is 14.5 Å². The quantitative estimate of drug-likeness (QED) is 0.832. The molecule has 1 aromatic heterocycles. The number of carbonyl (C=O) groups is 1. The molecule has 118 valence electrons. The predicted molar refractivity (Wildman–Crippen MR) is 90.1 cm³/mol. The summed E-state index contributed by atoms with van der Waals surface area (Å²) in [5, 5.41) is 7.05. The predicted octanol–water partition coefficient (Wildman–Crippen LogP) is 3.17. The van der Waals surface area contributed by atoms with Crippen LogP contribution in [-0.2, 0) is 11.3 Å². The van der Waals surface area contributed by atoms with Gasteiger partial charge in [0.25, 0.3) is 0 Å². The Labute approximate surface area is 136 Å². The van der Waals surface area contributed by atoms with Gasteiger partial charge in [0.15, 0.2) is 10.6 Å². The molecule has 1 N–H and O–H groups in total. The smallest absolute Gasteiger partial charge is 0.242 e. The molecule has 0 saturated heterocycles. The summed E-state index contributed by atoms with van der Waals surface area (Å²) in [6.45, 7) is 5.12. The number of carbonyl (C=O) groups excluding carboxylic acids is 1. The van der Waals surface area contributed by atoms with Crippen LogP contribution < -0.4 is 0 Å². The number of hydrogen-bond donors (Lipinski definition) is 1. The molecule has 6 heteroatoms. The molecule has 0 aliphatic carbocycles. The Morgan fingerprint density at radius 1 is 1.36 bits per heavy atom. The Kier molecular flexibility index (Phi) is 5.49. The Morgan fingerprint density at radius 2 is 2.05 bits per heavy atom. The van der Waals surface area contributed by atoms with E-state index in [4.69, 9.17) is 12.2 Å². The van der Waals surface area contributed by atoms with Crippen LogP contribution in [0.1, 0.15) is 25.3 Å². The van der Waals surface area contributed by atoms with Crippen molar-refractivity contribution in [3.8, 4) is 11.4 Å². The Bertz CT molecular complexity index is 687. The van der Waals surface area contributed by atoms with Gasteiger partial charge in [0.2, 0.25) is 5.91 Å². The summed E-state index contributed by atoms with van der Waals surface area (Å²) >= 11 is 5.27. The first kappa shape index (κ1) is 16.4. The lowest BCUT2D eigenvalue weighted by atomic mass is 10.1. The van der Waals surface area contributed by atoms with Crippen molar-refractivity contribution in [2.75, 3.05) is 13.6 Å². The van der Waals surface area contributed by atoms with Crippen LogP contribution in [0.4, 0.5) is 0 Å². The molecule has 22 heavy (non-hydrogen) atoms. The van der Waals surface area contributed by atoms with Gasteiger partial charge in [-0.05, 0) is 25.6 Å². The summed E-state index contributed by atoms with van der Waals surface area (Å²) in [6, 6.07) is 8.02. The van der Waals surface area contributed by atoms with E-state index in [9.17, 15) is 4.79 Å². The second-order valence-corrected chi connectivity index (χ2v) is 5.86. The van der Waals surface area contributed by atoms with Crippen molar-refractivity contribution in [2.24, 2.45) is 0 Å². The highest BCUT2D eigenvalue weighted by atomic mass is 32.1. The lowest BCUT2D eigenvalue weighted by Crippen LogP contribution is -2.31. The number of aromatic nitrogens is 3. The molecule has 0 radical (unpaired) electrons. The van der Waals surface area contributed by atoms with Crippen molar-refractivity contribution in [1.82, 2.24) is 19.7 Å². The van der Waals surface area contributed by atoms with Gasteiger partial charge in [0, 0.05) is 19.2 Å². The summed E-state index contributed by atoms with van der Waals surface area (Å²) in [5.41, 5.74) is 2.13. The number of benzene rings is 1. The number of H-pyrrole nitrogens is 1. The van der Waals surface area contributed by atoms with Crippen LogP contribution in [-0.4, -0.2) is 39.2 Å². The van der Waals surface area contributed by atoms with E-state index >= 15 is 0 Å². The van der Waals surface area contributed by atoms with Crippen molar-refractivity contribution in [1.29, 1.82) is 0 Å². The van der Waals surface area contributed by atoms with Crippen LogP contribution in [0.15, 0.2) is 24.3 Å². The summed E-state index contributed by atoms with van der Waals surface area (Å²) in [6.07, 6.45) is 2.07. The largest absolute Gasteiger partial charge is 0.344 e. The molecular formula is C16H22N4OS. The minimum atomic E-state index is 0.0410. The van der Waals surface area contributed by atoms with Gasteiger partial charge in [-0.1, -0.05) is 43.2 Å². The molecule has 5 nitrogen and oxygen atoms in total. The van der Waals surface area contributed by atoms with Gasteiger partial charge in [0.05, 0.1) is 0 Å². The van der Waals surface area contributed by atoms with Gasteiger partial charge in [0.1, 0.15) is 6.54 Å². The van der Waals surface area contributed by atoms with Crippen molar-refractivity contribution in [2.45, 2.75) is 33.2 Å². The minimum absolute atomic E-state index is 0.0410. The lowest BCUT2D eigenvalue weighted by molar-refractivity contribution is -0.130. The fourth-order valence-electron chi connectivity index (χ4n) is 2.16. The summed E-state index contributed by atoms with van der Waals surface area (Å²) in [7, 11) is 1.83. The first-order chi connectivity index (χ1) is 10.5. The van der Waals surface area contributed by atoms with E-state index in [2.05, 4.69) is 17.1 Å². The van der Waals surface area contributed by atoms with Crippen LogP contribution >= 0.6 is 12.2 Å². The number of hydrogen-bond acceptors (Lipinski definition) is 3. The summed E-state index contributed by atoms with van der Waals surface area (Å²) in [5.74, 6) is 0.738. The molecule has 1 amide bonds. The van der Waals surface area contributed by atoms with Gasteiger partial charge < -0.3 is 4.90 Å². The van der Waals surface area contributed by atoms with Crippen molar-refractivity contribution in [3.63, 3.8) is 0 Å². The van der Waals surface area contributed by atoms with Crippen LogP contribution in [0.2, 0.25) is 0 Å². The van der Waals surface area contributed by atoms with E-state index in [1.54, 1.807) is 9.47 Å². The zero-order valence-electron chi connectivity index (χ0n) is 13.3. The number of aromatic amines is 1. The highest BCUT2D eigenvalue weighted by molar-refractivity contribution is 7.71. The maximum absolute atomic E-state index is 12.3. The molecule has 1 aromatic carbocycles. The van der Waals surface area contributed by atoms with Crippen molar-refractivity contribution >= 4 is 18.1 Å². The molecule has 0 atom stereocenters. The van der Waals surface area contributed by atoms with E-state index in [-0.39, 0.29) is 12.5 Å². The number of amides is 1. The lowest BCUT2D eigenvalue weighted by Gasteiger charge is -2.17. The van der Waals surface area contributed by atoms with Gasteiger partial charge in [-0.25, -0.2) is 0 Å². The number of unbranched alkanes of at least 4 members (excludes halogenated alkanes) is 1. The zero-order chi connectivity index (χ0) is 16.1. The van der Waals surface area contributed by atoms with Gasteiger partial charge in [-0.15, -0.1) is 0 Å². The van der Waals surface area contributed by atoms with Gasteiger partial charge >= 0.3 is 0 Å². The SMILES string of the molecule is CCCCN(C)C(=O)Cn1c(-c2ccc(C)cc2)n[nH]c1=S. The fraction of sp³-hybridized carbons (Fsp3) is 0.438. The second-order valence-electron chi connectivity index (χ2n) is 5.47. The van der Waals surface area contributed by atoms with E-state index in [0.717, 1.165) is 24.9 Å². The molecule has 0 saturated carbocycles. The standard InChI is InChI=1S/C16H22N4OS/c1-4-5-10-19(3)14(21)11-20-15(17-18-16(20)22)13-8-6-12(2)7-9-13/h6-9H,4-5,10-11H2,1-3H3,(H,18,22). The maximum Gasteiger partial charge on any atom is 0.242 e. The number of nitrogens with one attached hydrogen (secondary N) is 1. The van der Waals surface area contributed by atoms with Crippen LogP contribution in [0.25, 0.3) is 11.4 Å².